The van der Waals surface area contributed by atoms with Gasteiger partial charge in [-0.15, -0.1) is 6.58 Å². The number of rotatable bonds is 7. The van der Waals surface area contributed by atoms with Crippen molar-refractivity contribution in [3.8, 4) is 0 Å². The average molecular weight is 254 g/mol. The second-order valence-corrected chi connectivity index (χ2v) is 4.56. The van der Waals surface area contributed by atoms with Crippen LogP contribution in [0.1, 0.15) is 42.6 Å². The van der Waals surface area contributed by atoms with Gasteiger partial charge in [-0.3, -0.25) is 9.78 Å². The normalized spacial score (nSPS) is 10.5. The van der Waals surface area contributed by atoms with E-state index < -0.39 is 0 Å². The number of benzene rings is 1. The molecule has 0 saturated heterocycles. The fourth-order valence-electron chi connectivity index (χ4n) is 1.97. The fraction of sp³-hybridized carbons (Fsp3) is 0.312. The number of ketones is 1. The Morgan fingerprint density at radius 3 is 2.74 bits per heavy atom. The Labute approximate surface area is 113 Å². The van der Waals surface area contributed by atoms with E-state index in [9.17, 15) is 4.79 Å². The molecule has 1 aromatic heterocycles. The van der Waals surface area contributed by atoms with E-state index in [2.05, 4.69) is 16.5 Å². The van der Waals surface area contributed by atoms with Gasteiger partial charge in [0.05, 0.1) is 17.2 Å². The molecular formula is C16H18N2O. The van der Waals surface area contributed by atoms with Crippen molar-refractivity contribution in [1.82, 2.24) is 9.97 Å². The Balaban J connectivity index is 1.95. The van der Waals surface area contributed by atoms with Crippen LogP contribution in [0.2, 0.25) is 0 Å². The second-order valence-electron chi connectivity index (χ2n) is 4.56. The number of nitrogens with zero attached hydrogens (tertiary/aromatic N) is 2. The molecule has 0 radical (unpaired) electrons. The molecule has 1 heterocycles. The molecule has 0 aliphatic rings. The van der Waals surface area contributed by atoms with Crippen LogP contribution in [0, 0.1) is 0 Å². The number of carbonyl (C=O) groups is 1. The number of allylic oxidation sites excluding steroid dienone is 1. The lowest BCUT2D eigenvalue weighted by atomic mass is 10.1. The lowest BCUT2D eigenvalue weighted by molar-refractivity contribution is 0.0974. The van der Waals surface area contributed by atoms with Crippen LogP contribution in [0.15, 0.2) is 43.1 Å². The average Bonchev–Trinajstić information content (AvgIpc) is 2.46. The maximum atomic E-state index is 12.0. The lowest BCUT2D eigenvalue weighted by Gasteiger charge is -2.02. The highest BCUT2D eigenvalue weighted by atomic mass is 16.1. The first kappa shape index (κ1) is 13.4. The van der Waals surface area contributed by atoms with Gasteiger partial charge < -0.3 is 0 Å². The zero-order valence-electron chi connectivity index (χ0n) is 11.0. The third kappa shape index (κ3) is 3.71. The molecule has 0 N–H and O–H groups in total. The quantitative estimate of drug-likeness (QED) is 0.427. The monoisotopic (exact) mass is 254 g/mol. The van der Waals surface area contributed by atoms with Gasteiger partial charge in [-0.05, 0) is 31.4 Å². The molecule has 0 bridgehead atoms. The highest BCUT2D eigenvalue weighted by Crippen LogP contribution is 2.11. The summed E-state index contributed by atoms with van der Waals surface area (Å²) in [5, 5.41) is 0. The van der Waals surface area contributed by atoms with E-state index in [1.54, 1.807) is 6.20 Å². The van der Waals surface area contributed by atoms with Gasteiger partial charge in [0.15, 0.2) is 5.78 Å². The van der Waals surface area contributed by atoms with Gasteiger partial charge in [0.1, 0.15) is 5.69 Å². The van der Waals surface area contributed by atoms with Crippen molar-refractivity contribution >= 4 is 16.8 Å². The Bertz CT molecular complexity index is 578. The summed E-state index contributed by atoms with van der Waals surface area (Å²) in [5.74, 6) is 0.0804. The maximum absolute atomic E-state index is 12.0. The van der Waals surface area contributed by atoms with Crippen molar-refractivity contribution in [2.75, 3.05) is 0 Å². The van der Waals surface area contributed by atoms with Crippen molar-refractivity contribution in [2.24, 2.45) is 0 Å². The molecule has 0 atom stereocenters. The first-order chi connectivity index (χ1) is 9.31. The molecule has 19 heavy (non-hydrogen) atoms. The number of aromatic nitrogens is 2. The first-order valence-corrected chi connectivity index (χ1v) is 6.67. The second kappa shape index (κ2) is 6.78. The summed E-state index contributed by atoms with van der Waals surface area (Å²) >= 11 is 0. The molecule has 2 aromatic rings. The highest BCUT2D eigenvalue weighted by Gasteiger charge is 2.08. The van der Waals surface area contributed by atoms with Crippen molar-refractivity contribution in [1.29, 1.82) is 0 Å². The summed E-state index contributed by atoms with van der Waals surface area (Å²) in [6, 6.07) is 7.59. The fourth-order valence-corrected chi connectivity index (χ4v) is 1.97. The number of unbranched alkanes of at least 4 members (excludes halogenated alkanes) is 3. The Morgan fingerprint density at radius 2 is 1.95 bits per heavy atom. The molecule has 0 aliphatic carbocycles. The third-order valence-corrected chi connectivity index (χ3v) is 3.05. The van der Waals surface area contributed by atoms with Gasteiger partial charge in [-0.25, -0.2) is 4.98 Å². The van der Waals surface area contributed by atoms with Crippen LogP contribution >= 0.6 is 0 Å². The number of hydrogen-bond donors (Lipinski definition) is 0. The van der Waals surface area contributed by atoms with Gasteiger partial charge >= 0.3 is 0 Å². The summed E-state index contributed by atoms with van der Waals surface area (Å²) in [5.41, 5.74) is 2.08. The van der Waals surface area contributed by atoms with E-state index >= 15 is 0 Å². The molecule has 0 unspecified atom stereocenters. The van der Waals surface area contributed by atoms with E-state index in [1.165, 1.54) is 0 Å². The summed E-state index contributed by atoms with van der Waals surface area (Å²) < 4.78 is 0. The van der Waals surface area contributed by atoms with Crippen LogP contribution < -0.4 is 0 Å². The standard InChI is InChI=1S/C16H18N2O/c1-2-3-4-5-6-11-16(19)15-12-17-13-9-7-8-10-14(13)18-15/h2,7-10,12H,1,3-6,11H2. The van der Waals surface area contributed by atoms with E-state index in [4.69, 9.17) is 0 Å². The molecule has 0 aliphatic heterocycles. The van der Waals surface area contributed by atoms with E-state index in [1.807, 2.05) is 30.3 Å². The predicted octanol–water partition coefficient (Wildman–Crippen LogP) is 3.95. The summed E-state index contributed by atoms with van der Waals surface area (Å²) in [6.45, 7) is 3.68. The zero-order valence-corrected chi connectivity index (χ0v) is 11.0. The van der Waals surface area contributed by atoms with Gasteiger partial charge in [0.2, 0.25) is 0 Å². The van der Waals surface area contributed by atoms with Crippen molar-refractivity contribution in [3.63, 3.8) is 0 Å². The lowest BCUT2D eigenvalue weighted by Crippen LogP contribution is -2.03. The van der Waals surface area contributed by atoms with Crippen molar-refractivity contribution in [3.05, 3.63) is 48.8 Å². The summed E-state index contributed by atoms with van der Waals surface area (Å²) in [7, 11) is 0. The minimum Gasteiger partial charge on any atom is -0.292 e. The Morgan fingerprint density at radius 1 is 1.16 bits per heavy atom. The van der Waals surface area contributed by atoms with Crippen molar-refractivity contribution < 1.29 is 4.79 Å². The number of hydrogen-bond acceptors (Lipinski definition) is 3. The van der Waals surface area contributed by atoms with Gasteiger partial charge in [0, 0.05) is 6.42 Å². The number of para-hydroxylation sites is 2. The smallest absolute Gasteiger partial charge is 0.182 e. The van der Waals surface area contributed by atoms with Crippen LogP contribution in [0.3, 0.4) is 0 Å². The SMILES string of the molecule is C=CCCCCCC(=O)c1cnc2ccccc2n1. The van der Waals surface area contributed by atoms with Crippen LogP contribution in [-0.4, -0.2) is 15.8 Å². The molecule has 3 heteroatoms. The van der Waals surface area contributed by atoms with E-state index in [0.717, 1.165) is 36.7 Å². The Kier molecular flexibility index (Phi) is 4.78. The van der Waals surface area contributed by atoms with Gasteiger partial charge in [-0.2, -0.15) is 0 Å². The zero-order chi connectivity index (χ0) is 13.5. The van der Waals surface area contributed by atoms with Crippen molar-refractivity contribution in [2.45, 2.75) is 32.1 Å². The number of fused-ring (bicyclic) bond motifs is 1. The van der Waals surface area contributed by atoms with E-state index in [-0.39, 0.29) is 5.78 Å². The predicted molar refractivity (Wildman–Crippen MR) is 77.2 cm³/mol. The molecule has 0 amide bonds. The topological polar surface area (TPSA) is 42.9 Å². The summed E-state index contributed by atoms with van der Waals surface area (Å²) in [4.78, 5) is 20.6. The van der Waals surface area contributed by atoms with E-state index in [0.29, 0.717) is 12.1 Å². The molecule has 1 aromatic carbocycles. The molecule has 0 fully saturated rings. The largest absolute Gasteiger partial charge is 0.292 e. The van der Waals surface area contributed by atoms with Crippen LogP contribution in [-0.2, 0) is 0 Å². The summed E-state index contributed by atoms with van der Waals surface area (Å²) in [6.07, 6.45) is 8.11. The highest BCUT2D eigenvalue weighted by molar-refractivity contribution is 5.95. The molecule has 0 spiro atoms. The van der Waals surface area contributed by atoms with Crippen LogP contribution in [0.4, 0.5) is 0 Å². The molecule has 2 rings (SSSR count). The van der Waals surface area contributed by atoms with Crippen LogP contribution in [0.5, 0.6) is 0 Å². The minimum atomic E-state index is 0.0804. The molecule has 0 saturated carbocycles. The molecule has 3 nitrogen and oxygen atoms in total. The third-order valence-electron chi connectivity index (χ3n) is 3.05. The van der Waals surface area contributed by atoms with Gasteiger partial charge in [0.25, 0.3) is 0 Å². The number of carbonyl (C=O) groups excluding carboxylic acids is 1. The number of Topliss-reactive ketones (excluding diaryl/α,β-unsaturated/α-hetero) is 1. The van der Waals surface area contributed by atoms with Gasteiger partial charge in [-0.1, -0.05) is 24.6 Å². The minimum absolute atomic E-state index is 0.0804. The van der Waals surface area contributed by atoms with Crippen LogP contribution in [0.25, 0.3) is 11.0 Å². The maximum Gasteiger partial charge on any atom is 0.182 e. The Hall–Kier alpha value is -2.03. The first-order valence-electron chi connectivity index (χ1n) is 6.67. The molecular weight excluding hydrogens is 236 g/mol. The molecule has 98 valence electrons.